The number of nitrogens with zero attached hydrogens (tertiary/aromatic N) is 1. The van der Waals surface area contributed by atoms with Crippen LogP contribution in [0.3, 0.4) is 0 Å². The van der Waals surface area contributed by atoms with Gasteiger partial charge in [0.2, 0.25) is 5.69 Å². The van der Waals surface area contributed by atoms with Gasteiger partial charge in [-0.25, -0.2) is 8.96 Å². The smallest absolute Gasteiger partial charge is 0.216 e. The molecule has 0 amide bonds. The molecule has 5 rings (SSSR count). The summed E-state index contributed by atoms with van der Waals surface area (Å²) in [6.45, 7) is 4.08. The molecular weight excluding hydrogens is 361 g/mol. The van der Waals surface area contributed by atoms with Crippen molar-refractivity contribution in [3.05, 3.63) is 89.9 Å². The highest BCUT2D eigenvalue weighted by Gasteiger charge is 2.23. The molecule has 3 heteroatoms. The lowest BCUT2D eigenvalue weighted by Crippen LogP contribution is -2.30. The first-order valence-electron chi connectivity index (χ1n) is 9.71. The summed E-state index contributed by atoms with van der Waals surface area (Å²) in [7, 11) is 2.02. The lowest BCUT2D eigenvalue weighted by Gasteiger charge is -2.07. The molecule has 0 saturated heterocycles. The summed E-state index contributed by atoms with van der Waals surface area (Å²) in [5.41, 5.74) is 7.02. The van der Waals surface area contributed by atoms with Crippen molar-refractivity contribution < 1.29 is 13.4 Å². The molecule has 2 aromatic heterocycles. The molecule has 142 valence electrons. The van der Waals surface area contributed by atoms with Crippen LogP contribution in [0.5, 0.6) is 0 Å². The van der Waals surface area contributed by atoms with Gasteiger partial charge >= 0.3 is 0 Å². The van der Waals surface area contributed by atoms with Gasteiger partial charge in [0.25, 0.3) is 0 Å². The summed E-state index contributed by atoms with van der Waals surface area (Å²) >= 11 is 0. The Hall–Kier alpha value is -3.46. The predicted molar refractivity (Wildman–Crippen MR) is 115 cm³/mol. The van der Waals surface area contributed by atoms with E-state index in [9.17, 15) is 0 Å². The summed E-state index contributed by atoms with van der Waals surface area (Å²) < 4.78 is 23.5. The van der Waals surface area contributed by atoms with Crippen LogP contribution in [-0.2, 0) is 7.05 Å². The van der Waals surface area contributed by atoms with Gasteiger partial charge < -0.3 is 4.42 Å². The van der Waals surface area contributed by atoms with E-state index in [4.69, 9.17) is 4.42 Å². The topological polar surface area (TPSA) is 17.0 Å². The minimum absolute atomic E-state index is 0.269. The van der Waals surface area contributed by atoms with E-state index < -0.39 is 0 Å². The number of benzene rings is 3. The fourth-order valence-corrected chi connectivity index (χ4v) is 4.18. The van der Waals surface area contributed by atoms with Gasteiger partial charge in [-0.2, -0.15) is 0 Å². The molecule has 29 heavy (non-hydrogen) atoms. The van der Waals surface area contributed by atoms with Crippen LogP contribution in [0.2, 0.25) is 0 Å². The number of furan rings is 1. The maximum Gasteiger partial charge on any atom is 0.216 e. The first-order valence-corrected chi connectivity index (χ1v) is 9.71. The zero-order valence-corrected chi connectivity index (χ0v) is 16.7. The number of hydrogen-bond donors (Lipinski definition) is 0. The van der Waals surface area contributed by atoms with E-state index in [2.05, 4.69) is 29.7 Å². The van der Waals surface area contributed by atoms with Crippen LogP contribution < -0.4 is 4.57 Å². The van der Waals surface area contributed by atoms with E-state index in [0.29, 0.717) is 11.1 Å². The molecule has 0 unspecified atom stereocenters. The Balaban J connectivity index is 1.93. The van der Waals surface area contributed by atoms with Crippen molar-refractivity contribution in [1.82, 2.24) is 0 Å². The van der Waals surface area contributed by atoms with Gasteiger partial charge in [0.05, 0.1) is 11.1 Å². The minimum Gasteiger partial charge on any atom is -0.454 e. The Kier molecular flexibility index (Phi) is 3.99. The van der Waals surface area contributed by atoms with Gasteiger partial charge in [0.15, 0.2) is 6.20 Å². The third kappa shape index (κ3) is 2.65. The Morgan fingerprint density at radius 2 is 1.41 bits per heavy atom. The number of fused-ring (bicyclic) bond motifs is 3. The second-order valence-electron chi connectivity index (χ2n) is 7.55. The predicted octanol–water partition coefficient (Wildman–Crippen LogP) is 6.50. The summed E-state index contributed by atoms with van der Waals surface area (Å²) in [4.78, 5) is 0. The van der Waals surface area contributed by atoms with Crippen molar-refractivity contribution >= 4 is 21.9 Å². The van der Waals surface area contributed by atoms with Gasteiger partial charge in [0, 0.05) is 22.9 Å². The highest BCUT2D eigenvalue weighted by Crippen LogP contribution is 2.42. The number of pyridine rings is 1. The van der Waals surface area contributed by atoms with Gasteiger partial charge in [-0.15, -0.1) is 0 Å². The number of halogens is 1. The molecule has 2 heterocycles. The van der Waals surface area contributed by atoms with Crippen LogP contribution >= 0.6 is 0 Å². The first kappa shape index (κ1) is 17.6. The number of hydrogen-bond acceptors (Lipinski definition) is 1. The van der Waals surface area contributed by atoms with Crippen molar-refractivity contribution in [2.45, 2.75) is 13.8 Å². The molecule has 3 aromatic carbocycles. The molecule has 2 nitrogen and oxygen atoms in total. The molecule has 0 bridgehead atoms. The summed E-state index contributed by atoms with van der Waals surface area (Å²) in [5.74, 6) is -0.269. The van der Waals surface area contributed by atoms with Gasteiger partial charge in [0.1, 0.15) is 24.0 Å². The molecule has 0 radical (unpaired) electrons. The normalized spacial score (nSPS) is 11.4. The fraction of sp³-hybridized carbons (Fsp3) is 0.115. The molecule has 0 saturated carbocycles. The largest absolute Gasteiger partial charge is 0.454 e. The molecule has 0 fully saturated rings. The van der Waals surface area contributed by atoms with E-state index >= 15 is 4.39 Å². The average Bonchev–Trinajstić information content (AvgIpc) is 3.08. The quantitative estimate of drug-likeness (QED) is 0.319. The third-order valence-electron chi connectivity index (χ3n) is 5.69. The van der Waals surface area contributed by atoms with Crippen LogP contribution in [0.4, 0.5) is 4.39 Å². The maximum atomic E-state index is 15.0. The molecule has 0 aliphatic carbocycles. The minimum atomic E-state index is -0.269. The average molecular weight is 382 g/mol. The molecule has 0 atom stereocenters. The SMILES string of the molecule is Cc1ccccc1-c1c(F)ccc2c1oc1c(-c3cccc[n+]3C)c(C)ccc12. The van der Waals surface area contributed by atoms with E-state index in [-0.39, 0.29) is 5.82 Å². The Labute approximate surface area is 168 Å². The van der Waals surface area contributed by atoms with E-state index in [1.54, 1.807) is 6.07 Å². The van der Waals surface area contributed by atoms with Gasteiger partial charge in [-0.3, -0.25) is 0 Å². The second kappa shape index (κ2) is 6.56. The van der Waals surface area contributed by atoms with Crippen LogP contribution in [-0.4, -0.2) is 0 Å². The van der Waals surface area contributed by atoms with Crippen LogP contribution in [0, 0.1) is 19.7 Å². The van der Waals surface area contributed by atoms with Crippen molar-refractivity contribution in [3.63, 3.8) is 0 Å². The highest BCUT2D eigenvalue weighted by atomic mass is 19.1. The summed E-state index contributed by atoms with van der Waals surface area (Å²) in [6.07, 6.45) is 2.02. The zero-order chi connectivity index (χ0) is 20.1. The Bertz CT molecular complexity index is 1290. The van der Waals surface area contributed by atoms with Crippen molar-refractivity contribution in [2.75, 3.05) is 0 Å². The van der Waals surface area contributed by atoms with Crippen molar-refractivity contribution in [3.8, 4) is 22.4 Å². The number of aryl methyl sites for hydroxylation is 3. The number of rotatable bonds is 2. The van der Waals surface area contributed by atoms with Crippen LogP contribution in [0.1, 0.15) is 11.1 Å². The lowest BCUT2D eigenvalue weighted by molar-refractivity contribution is -0.660. The lowest BCUT2D eigenvalue weighted by atomic mass is 9.97. The first-order chi connectivity index (χ1) is 14.1. The van der Waals surface area contributed by atoms with E-state index in [1.165, 1.54) is 0 Å². The molecule has 0 N–H and O–H groups in total. The standard InChI is InChI=1S/C26H21FNO/c1-16-8-4-5-9-18(16)24-21(27)14-13-20-19-12-11-17(2)23(25(19)29-26(20)24)22-10-6-7-15-28(22)3/h4-15H,1-3H3/q+1. The van der Waals surface area contributed by atoms with Crippen LogP contribution in [0.25, 0.3) is 44.3 Å². The molecule has 0 aliphatic rings. The molecule has 0 spiro atoms. The van der Waals surface area contributed by atoms with E-state index in [1.807, 2.05) is 62.6 Å². The zero-order valence-electron chi connectivity index (χ0n) is 16.7. The number of aromatic nitrogens is 1. The van der Waals surface area contributed by atoms with Crippen molar-refractivity contribution in [1.29, 1.82) is 0 Å². The Morgan fingerprint density at radius 3 is 2.17 bits per heavy atom. The Morgan fingerprint density at radius 1 is 0.724 bits per heavy atom. The molecular formula is C26H21FNO+. The monoisotopic (exact) mass is 382 g/mol. The summed E-state index contributed by atoms with van der Waals surface area (Å²) in [6, 6.07) is 21.5. The maximum absolute atomic E-state index is 15.0. The highest BCUT2D eigenvalue weighted by molar-refractivity contribution is 6.13. The van der Waals surface area contributed by atoms with Crippen LogP contribution in [0.15, 0.2) is 77.3 Å². The molecule has 5 aromatic rings. The van der Waals surface area contributed by atoms with Crippen molar-refractivity contribution in [2.24, 2.45) is 7.05 Å². The second-order valence-corrected chi connectivity index (χ2v) is 7.55. The van der Waals surface area contributed by atoms with E-state index in [0.717, 1.165) is 44.3 Å². The molecule has 0 aliphatic heterocycles. The summed E-state index contributed by atoms with van der Waals surface area (Å²) in [5, 5.41) is 1.93. The fourth-order valence-electron chi connectivity index (χ4n) is 4.18. The third-order valence-corrected chi connectivity index (χ3v) is 5.69. The van der Waals surface area contributed by atoms with Gasteiger partial charge in [-0.1, -0.05) is 36.4 Å². The van der Waals surface area contributed by atoms with Gasteiger partial charge in [-0.05, 0) is 48.7 Å².